The van der Waals surface area contributed by atoms with Gasteiger partial charge in [-0.25, -0.2) is 14.1 Å². The molecule has 2 aromatic carbocycles. The number of hydrogen-bond donors (Lipinski definition) is 1. The van der Waals surface area contributed by atoms with Gasteiger partial charge in [0.2, 0.25) is 12.2 Å². The molecule has 0 spiro atoms. The highest BCUT2D eigenvalue weighted by Gasteiger charge is 2.48. The zero-order chi connectivity index (χ0) is 30.4. The highest BCUT2D eigenvalue weighted by Crippen LogP contribution is 2.41. The van der Waals surface area contributed by atoms with Crippen molar-refractivity contribution in [1.29, 1.82) is 0 Å². The second kappa shape index (κ2) is 16.7. The molecular formula is C32H48N3O6+. The number of methoxy groups -OCH3 is 3. The lowest BCUT2D eigenvalue weighted by Gasteiger charge is -2.40. The van der Waals surface area contributed by atoms with E-state index < -0.39 is 0 Å². The molecule has 0 aliphatic carbocycles. The Hall–Kier alpha value is -3.43. The molecule has 1 aliphatic heterocycles. The second-order valence-corrected chi connectivity index (χ2v) is 10.6. The van der Waals surface area contributed by atoms with Crippen molar-refractivity contribution in [3.63, 3.8) is 0 Å². The van der Waals surface area contributed by atoms with E-state index >= 15 is 0 Å². The van der Waals surface area contributed by atoms with Crippen molar-refractivity contribution < 1.29 is 33.1 Å². The number of likely N-dealkylation sites (N-methyl/N-ethyl adjacent to an activating group) is 1. The fourth-order valence-electron chi connectivity index (χ4n) is 4.77. The van der Waals surface area contributed by atoms with Gasteiger partial charge >= 0.3 is 11.8 Å². The summed E-state index contributed by atoms with van der Waals surface area (Å²) in [5.74, 6) is 1.65. The average Bonchev–Trinajstić information content (AvgIpc) is 2.99. The Morgan fingerprint density at radius 3 is 2.02 bits per heavy atom. The summed E-state index contributed by atoms with van der Waals surface area (Å²) < 4.78 is 16.2. The van der Waals surface area contributed by atoms with Crippen LogP contribution in [-0.4, -0.2) is 88.7 Å². The minimum absolute atomic E-state index is 0.0453. The van der Waals surface area contributed by atoms with Gasteiger partial charge in [-0.1, -0.05) is 57.4 Å². The highest BCUT2D eigenvalue weighted by molar-refractivity contribution is 5.91. The Morgan fingerprint density at radius 2 is 1.51 bits per heavy atom. The molecule has 0 saturated carbocycles. The van der Waals surface area contributed by atoms with Gasteiger partial charge < -0.3 is 19.5 Å². The van der Waals surface area contributed by atoms with E-state index in [4.69, 9.17) is 14.2 Å². The van der Waals surface area contributed by atoms with E-state index in [1.807, 2.05) is 41.3 Å². The zero-order valence-electron chi connectivity index (χ0n) is 25.8. The lowest BCUT2D eigenvalue weighted by Crippen LogP contribution is -2.67. The minimum Gasteiger partial charge on any atom is -0.493 e. The summed E-state index contributed by atoms with van der Waals surface area (Å²) in [6.07, 6.45) is 6.83. The molecule has 1 aliphatic rings. The number of carbonyl (C=O) groups is 3. The third kappa shape index (κ3) is 9.03. The molecule has 1 fully saturated rings. The molecule has 0 bridgehead atoms. The maximum Gasteiger partial charge on any atom is 0.338 e. The maximum atomic E-state index is 13.2. The van der Waals surface area contributed by atoms with Crippen molar-refractivity contribution in [2.24, 2.45) is 0 Å². The lowest BCUT2D eigenvalue weighted by molar-refractivity contribution is -0.740. The van der Waals surface area contributed by atoms with E-state index in [-0.39, 0.29) is 22.3 Å². The number of benzene rings is 2. The van der Waals surface area contributed by atoms with Gasteiger partial charge in [-0.2, -0.15) is 0 Å². The van der Waals surface area contributed by atoms with Crippen molar-refractivity contribution >= 4 is 18.2 Å². The largest absolute Gasteiger partial charge is 0.493 e. The molecule has 41 heavy (non-hydrogen) atoms. The summed E-state index contributed by atoms with van der Waals surface area (Å²) in [6, 6.07) is 11.7. The number of hydrogen-bond acceptors (Lipinski definition) is 7. The first-order chi connectivity index (χ1) is 19.7. The zero-order valence-corrected chi connectivity index (χ0v) is 25.8. The van der Waals surface area contributed by atoms with E-state index in [9.17, 15) is 14.4 Å². The predicted molar refractivity (Wildman–Crippen MR) is 161 cm³/mol. The van der Waals surface area contributed by atoms with E-state index in [1.165, 1.54) is 12.8 Å². The van der Waals surface area contributed by atoms with Gasteiger partial charge in [-0.3, -0.25) is 9.69 Å². The van der Waals surface area contributed by atoms with Crippen LogP contribution >= 0.6 is 0 Å². The maximum absolute atomic E-state index is 13.2. The molecule has 3 rings (SSSR count). The lowest BCUT2D eigenvalue weighted by atomic mass is 9.97. The van der Waals surface area contributed by atoms with Gasteiger partial charge in [0, 0.05) is 13.0 Å². The number of nitrogens with one attached hydrogen (secondary N) is 1. The molecule has 2 aromatic rings. The van der Waals surface area contributed by atoms with Gasteiger partial charge in [-0.05, 0) is 48.2 Å². The fourth-order valence-corrected chi connectivity index (χ4v) is 4.77. The second-order valence-electron chi connectivity index (χ2n) is 10.6. The molecule has 0 aromatic heterocycles. The number of piperazine rings is 1. The van der Waals surface area contributed by atoms with Crippen LogP contribution in [0.15, 0.2) is 36.4 Å². The molecular weight excluding hydrogens is 522 g/mol. The van der Waals surface area contributed by atoms with Crippen molar-refractivity contribution in [3.8, 4) is 28.4 Å². The van der Waals surface area contributed by atoms with Crippen molar-refractivity contribution in [2.75, 3.05) is 55.1 Å². The van der Waals surface area contributed by atoms with Crippen molar-refractivity contribution in [1.82, 2.24) is 10.2 Å². The van der Waals surface area contributed by atoms with Gasteiger partial charge in [0.25, 0.3) is 0 Å². The van der Waals surface area contributed by atoms with Crippen LogP contribution in [-0.2, 0) is 20.8 Å². The van der Waals surface area contributed by atoms with E-state index in [2.05, 4.69) is 19.2 Å². The number of ether oxygens (including phenoxy) is 3. The Kier molecular flexibility index (Phi) is 13.8. The summed E-state index contributed by atoms with van der Waals surface area (Å²) in [4.78, 5) is 37.4. The van der Waals surface area contributed by atoms with Gasteiger partial charge in [0.05, 0.1) is 35.4 Å². The number of carbonyl (C=O) groups excluding carboxylic acids is 3. The molecule has 1 heterocycles. The molecule has 1 atom stereocenters. The van der Waals surface area contributed by atoms with Gasteiger partial charge in [-0.15, -0.1) is 0 Å². The monoisotopic (exact) mass is 570 g/mol. The molecule has 9 heteroatoms. The number of unbranched alkanes of at least 4 members (excludes halogenated alkanes) is 3. The van der Waals surface area contributed by atoms with Crippen LogP contribution in [0.25, 0.3) is 11.1 Å². The molecule has 9 nitrogen and oxygen atoms in total. The molecule has 1 saturated heterocycles. The first-order valence-electron chi connectivity index (χ1n) is 14.4. The summed E-state index contributed by atoms with van der Waals surface area (Å²) in [6.45, 7) is 6.15. The number of rotatable bonds is 14. The number of imide groups is 1. The first-order valence-corrected chi connectivity index (χ1v) is 14.4. The quantitative estimate of drug-likeness (QED) is 0.155. The van der Waals surface area contributed by atoms with Crippen LogP contribution in [0.4, 0.5) is 0 Å². The van der Waals surface area contributed by atoms with Crippen molar-refractivity contribution in [3.05, 3.63) is 42.0 Å². The summed E-state index contributed by atoms with van der Waals surface area (Å²) >= 11 is 0. The molecule has 1 unspecified atom stereocenters. The predicted octanol–water partition coefficient (Wildman–Crippen LogP) is 4.46. The molecule has 3 amide bonds. The van der Waals surface area contributed by atoms with Crippen LogP contribution in [0, 0.1) is 0 Å². The first kappa shape index (κ1) is 33.8. The SMILES string of the molecule is CCCCCNC=O.CCCCN1CC(=O)[N+](C)(C)C(=O)C1Cc1ccc(-c2cc(OC)c(OC)c(OC)c2)cc1. The Balaban J connectivity index is 0.000000642. The molecule has 1 N–H and O–H groups in total. The van der Waals surface area contributed by atoms with Gasteiger partial charge in [0.1, 0.15) is 12.6 Å². The molecule has 226 valence electrons. The van der Waals surface area contributed by atoms with Gasteiger partial charge in [0.15, 0.2) is 11.5 Å². The fraction of sp³-hybridized carbons (Fsp3) is 0.531. The van der Waals surface area contributed by atoms with Crippen LogP contribution in [0.5, 0.6) is 17.2 Å². The molecule has 0 radical (unpaired) electrons. The van der Waals surface area contributed by atoms with E-state index in [0.29, 0.717) is 30.2 Å². The Labute approximate surface area is 245 Å². The van der Waals surface area contributed by atoms with Crippen LogP contribution in [0.2, 0.25) is 0 Å². The smallest absolute Gasteiger partial charge is 0.338 e. The summed E-state index contributed by atoms with van der Waals surface area (Å²) in [5.41, 5.74) is 3.00. The highest BCUT2D eigenvalue weighted by atomic mass is 16.5. The topological polar surface area (TPSA) is 94.2 Å². The number of quaternary nitrogens is 1. The van der Waals surface area contributed by atoms with E-state index in [0.717, 1.165) is 55.5 Å². The standard InChI is InChI=1S/C26H35N2O5.C6H13NO/c1-7-8-13-27-17-24(29)28(2,3)26(30)21(27)14-18-9-11-19(12-10-18)20-15-22(31-4)25(33-6)23(16-20)32-5;1-2-3-4-5-7-6-8/h9-12,15-16,21H,7-8,13-14,17H2,1-6H3;6H,2-5H2,1H3,(H,7,8)/q+1;. The Morgan fingerprint density at radius 1 is 0.902 bits per heavy atom. The van der Waals surface area contributed by atoms with Crippen LogP contribution in [0.1, 0.15) is 51.5 Å². The number of nitrogens with zero attached hydrogens (tertiary/aromatic N) is 2. The summed E-state index contributed by atoms with van der Waals surface area (Å²) in [7, 11) is 8.17. The van der Waals surface area contributed by atoms with Crippen LogP contribution in [0.3, 0.4) is 0 Å². The van der Waals surface area contributed by atoms with Crippen molar-refractivity contribution in [2.45, 2.75) is 58.4 Å². The number of amides is 3. The minimum atomic E-state index is -0.309. The Bertz CT molecular complexity index is 1110. The van der Waals surface area contributed by atoms with E-state index in [1.54, 1.807) is 35.4 Å². The average molecular weight is 571 g/mol. The summed E-state index contributed by atoms with van der Waals surface area (Å²) in [5, 5.41) is 2.60. The van der Waals surface area contributed by atoms with Crippen LogP contribution < -0.4 is 19.5 Å². The normalized spacial score (nSPS) is 16.4. The third-order valence-electron chi connectivity index (χ3n) is 7.43. The third-order valence-corrected chi connectivity index (χ3v) is 7.43.